The van der Waals surface area contributed by atoms with Crippen molar-refractivity contribution in [1.29, 1.82) is 0 Å². The number of hydrogen-bond donors (Lipinski definition) is 2. The van der Waals surface area contributed by atoms with E-state index in [0.29, 0.717) is 18.5 Å². The Labute approximate surface area is 134 Å². The first kappa shape index (κ1) is 20.7. The molecular formula is C15H22ClF3N2O. The van der Waals surface area contributed by atoms with Crippen LogP contribution in [0.25, 0.3) is 0 Å². The van der Waals surface area contributed by atoms with E-state index in [0.717, 1.165) is 37.8 Å². The Morgan fingerprint density at radius 1 is 1.05 bits per heavy atom. The van der Waals surface area contributed by atoms with E-state index < -0.39 is 11.7 Å². The quantitative estimate of drug-likeness (QED) is 0.711. The lowest BCUT2D eigenvalue weighted by molar-refractivity contribution is -0.137. The van der Waals surface area contributed by atoms with Gasteiger partial charge < -0.3 is 11.1 Å². The zero-order valence-electron chi connectivity index (χ0n) is 12.3. The summed E-state index contributed by atoms with van der Waals surface area (Å²) in [5, 5.41) is 2.70. The monoisotopic (exact) mass is 338 g/mol. The second-order valence-electron chi connectivity index (χ2n) is 4.92. The lowest BCUT2D eigenvalue weighted by Crippen LogP contribution is -2.22. The molecule has 1 aromatic carbocycles. The highest BCUT2D eigenvalue weighted by molar-refractivity contribution is 5.85. The Morgan fingerprint density at radius 2 is 1.64 bits per heavy atom. The first-order valence-electron chi connectivity index (χ1n) is 7.06. The van der Waals surface area contributed by atoms with Crippen molar-refractivity contribution >= 4 is 18.3 Å². The second-order valence-corrected chi connectivity index (χ2v) is 4.92. The molecule has 3 nitrogen and oxygen atoms in total. The van der Waals surface area contributed by atoms with Crippen molar-refractivity contribution in [2.75, 3.05) is 6.54 Å². The fraction of sp³-hybridized carbons (Fsp3) is 0.533. The molecule has 0 aromatic heterocycles. The molecular weight excluding hydrogens is 317 g/mol. The third-order valence-electron chi connectivity index (χ3n) is 3.13. The van der Waals surface area contributed by atoms with Gasteiger partial charge in [-0.25, -0.2) is 0 Å². The van der Waals surface area contributed by atoms with Crippen LogP contribution in [0.2, 0.25) is 0 Å². The molecule has 3 N–H and O–H groups in total. The van der Waals surface area contributed by atoms with Crippen molar-refractivity contribution in [3.05, 3.63) is 35.4 Å². The van der Waals surface area contributed by atoms with Crippen molar-refractivity contribution < 1.29 is 18.0 Å². The smallest absolute Gasteiger partial charge is 0.352 e. The van der Waals surface area contributed by atoms with Crippen LogP contribution in [0, 0.1) is 0 Å². The number of nitrogens with one attached hydrogen (secondary N) is 1. The Kier molecular flexibility index (Phi) is 9.85. The van der Waals surface area contributed by atoms with E-state index in [9.17, 15) is 18.0 Å². The maximum absolute atomic E-state index is 12.4. The zero-order valence-corrected chi connectivity index (χ0v) is 13.1. The summed E-state index contributed by atoms with van der Waals surface area (Å²) >= 11 is 0. The maximum Gasteiger partial charge on any atom is 0.416 e. The van der Waals surface area contributed by atoms with Gasteiger partial charge in [-0.2, -0.15) is 13.2 Å². The largest absolute Gasteiger partial charge is 0.416 e. The molecule has 0 atom stereocenters. The van der Waals surface area contributed by atoms with Gasteiger partial charge in [0.05, 0.1) is 5.56 Å². The first-order valence-corrected chi connectivity index (χ1v) is 7.06. The van der Waals surface area contributed by atoms with Crippen LogP contribution < -0.4 is 11.1 Å². The SMILES string of the molecule is Cl.NCCCCCCC(=O)NCc1ccc(C(F)(F)F)cc1. The molecule has 1 aromatic rings. The summed E-state index contributed by atoms with van der Waals surface area (Å²) in [5.41, 5.74) is 5.34. The van der Waals surface area contributed by atoms with Crippen LogP contribution in [0.4, 0.5) is 13.2 Å². The zero-order chi connectivity index (χ0) is 15.7. The highest BCUT2D eigenvalue weighted by Crippen LogP contribution is 2.29. The van der Waals surface area contributed by atoms with Gasteiger partial charge in [0.1, 0.15) is 0 Å². The molecule has 1 rings (SSSR count). The predicted molar refractivity (Wildman–Crippen MR) is 82.7 cm³/mol. The number of carbonyl (C=O) groups excluding carboxylic acids is 1. The van der Waals surface area contributed by atoms with E-state index in [2.05, 4.69) is 5.32 Å². The Morgan fingerprint density at radius 3 is 2.18 bits per heavy atom. The molecule has 126 valence electrons. The molecule has 22 heavy (non-hydrogen) atoms. The maximum atomic E-state index is 12.4. The lowest BCUT2D eigenvalue weighted by atomic mass is 10.1. The minimum absolute atomic E-state index is 0. The van der Waals surface area contributed by atoms with Crippen LogP contribution in [-0.2, 0) is 17.5 Å². The van der Waals surface area contributed by atoms with Crippen LogP contribution in [0.1, 0.15) is 43.2 Å². The number of halogens is 4. The van der Waals surface area contributed by atoms with Crippen molar-refractivity contribution in [2.24, 2.45) is 5.73 Å². The van der Waals surface area contributed by atoms with Crippen LogP contribution in [-0.4, -0.2) is 12.5 Å². The summed E-state index contributed by atoms with van der Waals surface area (Å²) in [6, 6.07) is 4.80. The van der Waals surface area contributed by atoms with Crippen molar-refractivity contribution in [3.63, 3.8) is 0 Å². The first-order chi connectivity index (χ1) is 9.93. The normalized spacial score (nSPS) is 10.9. The molecule has 0 spiro atoms. The summed E-state index contributed by atoms with van der Waals surface area (Å²) in [5.74, 6) is -0.0809. The minimum atomic E-state index is -4.33. The van der Waals surface area contributed by atoms with Crippen molar-refractivity contribution in [1.82, 2.24) is 5.32 Å². The predicted octanol–water partition coefficient (Wildman–Crippen LogP) is 3.65. The molecule has 0 heterocycles. The van der Waals surface area contributed by atoms with Gasteiger partial charge in [0, 0.05) is 13.0 Å². The average Bonchev–Trinajstić information content (AvgIpc) is 2.44. The van der Waals surface area contributed by atoms with Crippen LogP contribution in [0.15, 0.2) is 24.3 Å². The van der Waals surface area contributed by atoms with Crippen LogP contribution in [0.3, 0.4) is 0 Å². The summed E-state index contributed by atoms with van der Waals surface area (Å²) in [7, 11) is 0. The molecule has 0 saturated heterocycles. The lowest BCUT2D eigenvalue weighted by Gasteiger charge is -2.08. The number of unbranched alkanes of at least 4 members (excludes halogenated alkanes) is 3. The molecule has 1 amide bonds. The molecule has 0 saturated carbocycles. The Balaban J connectivity index is 0.00000441. The van der Waals surface area contributed by atoms with E-state index in [-0.39, 0.29) is 24.9 Å². The summed E-state index contributed by atoms with van der Waals surface area (Å²) in [6.07, 6.45) is -0.143. The number of hydrogen-bond acceptors (Lipinski definition) is 2. The van der Waals surface area contributed by atoms with Crippen molar-refractivity contribution in [2.45, 2.75) is 44.8 Å². The number of amides is 1. The Hall–Kier alpha value is -1.27. The molecule has 0 radical (unpaired) electrons. The van der Waals surface area contributed by atoms with Crippen molar-refractivity contribution in [3.8, 4) is 0 Å². The van der Waals surface area contributed by atoms with Gasteiger partial charge in [-0.1, -0.05) is 25.0 Å². The topological polar surface area (TPSA) is 55.1 Å². The van der Waals surface area contributed by atoms with Gasteiger partial charge in [0.2, 0.25) is 5.91 Å². The van der Waals surface area contributed by atoms with E-state index >= 15 is 0 Å². The van der Waals surface area contributed by atoms with Gasteiger partial charge >= 0.3 is 6.18 Å². The molecule has 0 fully saturated rings. The summed E-state index contributed by atoms with van der Waals surface area (Å²) in [4.78, 5) is 11.6. The standard InChI is InChI=1S/C15H21F3N2O.ClH/c16-15(17,18)13-8-6-12(7-9-13)11-20-14(21)5-3-1-2-4-10-19;/h6-9H,1-5,10-11,19H2,(H,20,21);1H. The van der Waals surface area contributed by atoms with E-state index in [1.807, 2.05) is 0 Å². The fourth-order valence-corrected chi connectivity index (χ4v) is 1.88. The second kappa shape index (κ2) is 10.5. The number of nitrogens with two attached hydrogens (primary N) is 1. The third kappa shape index (κ3) is 8.24. The summed E-state index contributed by atoms with van der Waals surface area (Å²) in [6.45, 7) is 0.917. The molecule has 7 heteroatoms. The highest BCUT2D eigenvalue weighted by atomic mass is 35.5. The molecule has 0 aliphatic carbocycles. The summed E-state index contributed by atoms with van der Waals surface area (Å²) < 4.78 is 37.2. The number of rotatable bonds is 8. The van der Waals surface area contributed by atoms with Gasteiger partial charge in [-0.05, 0) is 37.1 Å². The van der Waals surface area contributed by atoms with Crippen LogP contribution >= 0.6 is 12.4 Å². The highest BCUT2D eigenvalue weighted by Gasteiger charge is 2.29. The van der Waals surface area contributed by atoms with Gasteiger partial charge in [-0.3, -0.25) is 4.79 Å². The average molecular weight is 339 g/mol. The van der Waals surface area contributed by atoms with Crippen LogP contribution in [0.5, 0.6) is 0 Å². The molecule has 0 unspecified atom stereocenters. The number of benzene rings is 1. The number of carbonyl (C=O) groups is 1. The van der Waals surface area contributed by atoms with E-state index in [1.165, 1.54) is 12.1 Å². The molecule has 0 bridgehead atoms. The Bertz CT molecular complexity index is 435. The number of alkyl halides is 3. The molecule has 0 aliphatic heterocycles. The van der Waals surface area contributed by atoms with Gasteiger partial charge in [0.15, 0.2) is 0 Å². The van der Waals surface area contributed by atoms with Gasteiger partial charge in [0.25, 0.3) is 0 Å². The molecule has 0 aliphatic rings. The third-order valence-corrected chi connectivity index (χ3v) is 3.13. The minimum Gasteiger partial charge on any atom is -0.352 e. The fourth-order valence-electron chi connectivity index (χ4n) is 1.88. The van der Waals surface area contributed by atoms with E-state index in [4.69, 9.17) is 5.73 Å². The van der Waals surface area contributed by atoms with E-state index in [1.54, 1.807) is 0 Å². The van der Waals surface area contributed by atoms with Gasteiger partial charge in [-0.15, -0.1) is 12.4 Å².